The van der Waals surface area contributed by atoms with Gasteiger partial charge in [0.05, 0.1) is 0 Å². The minimum atomic E-state index is -1.96. The molecule has 1 aliphatic rings. The average Bonchev–Trinajstić information content (AvgIpc) is 2.62. The summed E-state index contributed by atoms with van der Waals surface area (Å²) in [7, 11) is -0.329. The molecule has 0 bridgehead atoms. The van der Waals surface area contributed by atoms with Crippen LogP contribution < -0.4 is 10.8 Å². The van der Waals surface area contributed by atoms with Crippen LogP contribution in [0.3, 0.4) is 0 Å². The van der Waals surface area contributed by atoms with Crippen molar-refractivity contribution < 1.29 is 9.31 Å². The van der Waals surface area contributed by atoms with Gasteiger partial charge in [0.2, 0.25) is 0 Å². The lowest BCUT2D eigenvalue weighted by molar-refractivity contribution is 0.105. The zero-order valence-corrected chi connectivity index (χ0v) is 17.2. The van der Waals surface area contributed by atoms with Crippen molar-refractivity contribution in [1.29, 1.82) is 0 Å². The lowest BCUT2D eigenvalue weighted by atomic mass is 9.78. The summed E-state index contributed by atoms with van der Waals surface area (Å²) in [6.07, 6.45) is 0. The molecule has 0 radical (unpaired) electrons. The highest BCUT2D eigenvalue weighted by Crippen LogP contribution is 2.74. The van der Waals surface area contributed by atoms with E-state index in [4.69, 9.17) is 21.6 Å². The number of hydrogen-bond donors (Lipinski definition) is 1. The molecule has 25 heavy (non-hydrogen) atoms. The monoisotopic (exact) mass is 373 g/mol. The van der Waals surface area contributed by atoms with Crippen LogP contribution in [0.25, 0.3) is 0 Å². The van der Waals surface area contributed by atoms with Crippen LogP contribution in [-0.2, 0) is 9.31 Å². The molecule has 1 fully saturated rings. The van der Waals surface area contributed by atoms with Crippen LogP contribution in [0.5, 0.6) is 0 Å². The fraction of sp³-hybridized carbons (Fsp3) is 0.400. The molecule has 0 spiro atoms. The fourth-order valence-corrected chi connectivity index (χ4v) is 9.83. The van der Waals surface area contributed by atoms with Crippen LogP contribution in [0.2, 0.25) is 0 Å². The van der Waals surface area contributed by atoms with Crippen LogP contribution in [0.4, 0.5) is 0 Å². The van der Waals surface area contributed by atoms with Gasteiger partial charge in [-0.05, 0) is 17.6 Å². The Balaban J connectivity index is 2.05. The van der Waals surface area contributed by atoms with Crippen molar-refractivity contribution in [2.24, 2.45) is 11.8 Å². The average molecular weight is 373 g/mol. The summed E-state index contributed by atoms with van der Waals surface area (Å²) in [5.41, 5.74) is 1.08. The van der Waals surface area contributed by atoms with Crippen molar-refractivity contribution in [3.05, 3.63) is 60.7 Å². The third-order valence-electron chi connectivity index (χ3n) is 4.68. The predicted molar refractivity (Wildman–Crippen MR) is 113 cm³/mol. The predicted octanol–water partition coefficient (Wildman–Crippen LogP) is 4.58. The summed E-state index contributed by atoms with van der Waals surface area (Å²) in [5, 5.41) is 1.27. The minimum absolute atomic E-state index is 0.0598. The van der Waals surface area contributed by atoms with E-state index in [-0.39, 0.29) is 18.8 Å². The molecule has 3 rings (SSSR count). The van der Waals surface area contributed by atoms with Crippen molar-refractivity contribution in [3.8, 4) is 0 Å². The second-order valence-electron chi connectivity index (χ2n) is 7.36. The molecule has 2 nitrogen and oxygen atoms in total. The van der Waals surface area contributed by atoms with E-state index in [9.17, 15) is 0 Å². The first-order valence-corrected chi connectivity index (χ1v) is 12.0. The van der Waals surface area contributed by atoms with Gasteiger partial charge in [-0.3, -0.25) is 0 Å². The van der Waals surface area contributed by atoms with Crippen LogP contribution in [-0.4, -0.2) is 18.8 Å². The Morgan fingerprint density at radius 3 is 1.68 bits per heavy atom. The number of rotatable bonds is 4. The minimum Gasteiger partial charge on any atom is -0.371 e. The van der Waals surface area contributed by atoms with E-state index in [1.807, 2.05) is 18.2 Å². The largest absolute Gasteiger partial charge is 0.499 e. The van der Waals surface area contributed by atoms with Crippen molar-refractivity contribution in [2.75, 3.05) is 0 Å². The Hall–Kier alpha value is -0.795. The van der Waals surface area contributed by atoms with Gasteiger partial charge in [-0.2, -0.15) is 0 Å². The molecule has 0 N–H and O–H groups in total. The third kappa shape index (κ3) is 3.69. The van der Waals surface area contributed by atoms with E-state index >= 15 is 0 Å². The summed E-state index contributed by atoms with van der Waals surface area (Å²) in [6.45, 7) is 6.95. The Bertz CT molecular complexity index is 663. The van der Waals surface area contributed by atoms with E-state index in [0.717, 1.165) is 5.46 Å². The van der Waals surface area contributed by atoms with Crippen molar-refractivity contribution >= 4 is 36.6 Å². The number of thiol groups is 1. The molecule has 1 aliphatic heterocycles. The Kier molecular flexibility index (Phi) is 5.95. The molecule has 1 saturated heterocycles. The molecule has 0 saturated carbocycles. The normalized spacial score (nSPS) is 27.1. The van der Waals surface area contributed by atoms with Crippen LogP contribution >= 0.6 is 18.7 Å². The summed E-state index contributed by atoms with van der Waals surface area (Å²) < 4.78 is 13.1. The molecule has 132 valence electrons. The highest BCUT2D eigenvalue weighted by molar-refractivity contribution is 8.56. The van der Waals surface area contributed by atoms with E-state index in [1.54, 1.807) is 0 Å². The van der Waals surface area contributed by atoms with Crippen molar-refractivity contribution in [1.82, 2.24) is 0 Å². The highest BCUT2D eigenvalue weighted by atomic mass is 32.7. The smallest absolute Gasteiger partial charge is 0.371 e. The maximum absolute atomic E-state index is 6.54. The lowest BCUT2D eigenvalue weighted by Gasteiger charge is -2.44. The van der Waals surface area contributed by atoms with Gasteiger partial charge in [-0.1, -0.05) is 76.2 Å². The number of hydrogen-bond acceptors (Lipinski definition) is 3. The zero-order valence-electron chi connectivity index (χ0n) is 15.4. The zero-order chi connectivity index (χ0) is 18.0. The Morgan fingerprint density at radius 2 is 1.24 bits per heavy atom. The molecule has 2 atom stereocenters. The van der Waals surface area contributed by atoms with E-state index in [1.165, 1.54) is 5.30 Å². The van der Waals surface area contributed by atoms with Crippen molar-refractivity contribution in [3.63, 3.8) is 0 Å². The lowest BCUT2D eigenvalue weighted by Crippen LogP contribution is -2.53. The van der Waals surface area contributed by atoms with Gasteiger partial charge in [-0.15, -0.1) is 0 Å². The first-order valence-electron chi connectivity index (χ1n) is 8.97. The van der Waals surface area contributed by atoms with Gasteiger partial charge in [0.15, 0.2) is 18.2 Å². The molecular formula is C20H27BO2PS+. The SMILES string of the molecule is CC(C)C1OB(c2ccccc2)OC(C(C)C)[P+]1(S)c1ccccc1. The molecule has 2 aromatic carbocycles. The maximum atomic E-state index is 6.54. The second-order valence-corrected chi connectivity index (χ2v) is 12.4. The molecule has 0 amide bonds. The van der Waals surface area contributed by atoms with Gasteiger partial charge in [-0.25, -0.2) is 0 Å². The third-order valence-corrected chi connectivity index (χ3v) is 10.9. The Labute approximate surface area is 158 Å². The van der Waals surface area contributed by atoms with Crippen LogP contribution in [0.1, 0.15) is 27.7 Å². The molecule has 2 unspecified atom stereocenters. The van der Waals surface area contributed by atoms with Gasteiger partial charge in [0, 0.05) is 24.1 Å². The van der Waals surface area contributed by atoms with E-state index in [0.29, 0.717) is 11.8 Å². The highest BCUT2D eigenvalue weighted by Gasteiger charge is 2.61. The molecule has 5 heteroatoms. The van der Waals surface area contributed by atoms with Gasteiger partial charge in [0.25, 0.3) is 0 Å². The molecule has 2 aromatic rings. The number of benzene rings is 2. The Morgan fingerprint density at radius 1 is 0.800 bits per heavy atom. The standard InChI is InChI=1S/C20H27BO2PS/c1-15(2)19-22-21(17-11-7-5-8-12-17)23-20(16(3)4)24(19,25)18-13-9-6-10-14-18/h5-16,19-20,25H,1-4H3/q+1. The summed E-state index contributed by atoms with van der Waals surface area (Å²) >= 11 is 5.32. The molecule has 1 heterocycles. The summed E-state index contributed by atoms with van der Waals surface area (Å²) in [6, 6.07) is 20.8. The molecular weight excluding hydrogens is 346 g/mol. The topological polar surface area (TPSA) is 18.5 Å². The van der Waals surface area contributed by atoms with Gasteiger partial charge >= 0.3 is 7.12 Å². The van der Waals surface area contributed by atoms with E-state index < -0.39 is 6.46 Å². The molecule has 0 aromatic heterocycles. The first kappa shape index (κ1) is 19.0. The first-order chi connectivity index (χ1) is 11.9. The van der Waals surface area contributed by atoms with Crippen molar-refractivity contribution in [2.45, 2.75) is 39.4 Å². The molecule has 0 aliphatic carbocycles. The van der Waals surface area contributed by atoms with Crippen LogP contribution in [0, 0.1) is 11.8 Å². The van der Waals surface area contributed by atoms with Gasteiger partial charge < -0.3 is 9.31 Å². The second kappa shape index (κ2) is 7.84. The quantitative estimate of drug-likeness (QED) is 0.481. The maximum Gasteiger partial charge on any atom is 0.499 e. The summed E-state index contributed by atoms with van der Waals surface area (Å²) in [5.74, 6) is 0.846. The van der Waals surface area contributed by atoms with Gasteiger partial charge in [0.1, 0.15) is 5.30 Å². The van der Waals surface area contributed by atoms with E-state index in [2.05, 4.69) is 70.2 Å². The van der Waals surface area contributed by atoms with Crippen LogP contribution in [0.15, 0.2) is 60.7 Å². The fourth-order valence-electron chi connectivity index (χ4n) is 3.57. The summed E-state index contributed by atoms with van der Waals surface area (Å²) in [4.78, 5) is 0.